The predicted octanol–water partition coefficient (Wildman–Crippen LogP) is 4.62. The number of amides is 1. The fourth-order valence-electron chi connectivity index (χ4n) is 4.82. The topological polar surface area (TPSA) is 140 Å². The molecule has 40 heavy (non-hydrogen) atoms. The first-order valence-electron chi connectivity index (χ1n) is 13.4. The molecule has 1 atom stereocenters. The van der Waals surface area contributed by atoms with Gasteiger partial charge in [0.25, 0.3) is 0 Å². The number of nitrogens with zero attached hydrogens (tertiary/aromatic N) is 4. The van der Waals surface area contributed by atoms with Crippen molar-refractivity contribution in [2.24, 2.45) is 13.0 Å². The summed E-state index contributed by atoms with van der Waals surface area (Å²) in [5.41, 5.74) is 3.11. The average Bonchev–Trinajstić information content (AvgIpc) is 3.61. The molecule has 1 aliphatic heterocycles. The first-order valence-corrected chi connectivity index (χ1v) is 15.4. The van der Waals surface area contributed by atoms with Gasteiger partial charge in [0.15, 0.2) is 15.7 Å². The van der Waals surface area contributed by atoms with Gasteiger partial charge in [-0.2, -0.15) is 10.1 Å². The Bertz CT molecular complexity index is 1540. The highest BCUT2D eigenvalue weighted by Gasteiger charge is 2.28. The van der Waals surface area contributed by atoms with Crippen LogP contribution in [0.3, 0.4) is 0 Å². The van der Waals surface area contributed by atoms with Crippen LogP contribution in [0.2, 0.25) is 5.02 Å². The number of hydrogen-bond acceptors (Lipinski definition) is 9. The lowest BCUT2D eigenvalue weighted by molar-refractivity contribution is -0.122. The number of aromatic nitrogens is 4. The molecule has 1 aromatic carbocycles. The molecule has 1 saturated carbocycles. The van der Waals surface area contributed by atoms with E-state index in [-0.39, 0.29) is 57.1 Å². The highest BCUT2D eigenvalue weighted by Crippen LogP contribution is 2.39. The molecule has 2 aliphatic rings. The number of hydrogen-bond donors (Lipinski definition) is 3. The van der Waals surface area contributed by atoms with Crippen LogP contribution in [0.25, 0.3) is 0 Å². The number of sulfone groups is 1. The second kappa shape index (κ2) is 11.2. The smallest absolute Gasteiger partial charge is 0.229 e. The van der Waals surface area contributed by atoms with Gasteiger partial charge in [0.1, 0.15) is 10.8 Å². The molecule has 2 aromatic heterocycles. The third kappa shape index (κ3) is 6.49. The van der Waals surface area contributed by atoms with Gasteiger partial charge in [-0.05, 0) is 61.3 Å². The van der Waals surface area contributed by atoms with Crippen LogP contribution >= 0.6 is 11.6 Å². The quantitative estimate of drug-likeness (QED) is 0.310. The van der Waals surface area contributed by atoms with Gasteiger partial charge in [-0.3, -0.25) is 9.48 Å². The molecular formula is C27H34ClN7O4S. The van der Waals surface area contributed by atoms with Crippen LogP contribution in [-0.2, 0) is 21.7 Å². The maximum atomic E-state index is 13.0. The lowest BCUT2D eigenvalue weighted by Crippen LogP contribution is -2.32. The minimum atomic E-state index is -3.63. The molecule has 1 aliphatic carbocycles. The molecule has 3 aromatic rings. The largest absolute Gasteiger partial charge is 0.488 e. The Morgan fingerprint density at radius 3 is 2.67 bits per heavy atom. The van der Waals surface area contributed by atoms with Crippen molar-refractivity contribution in [1.82, 2.24) is 25.1 Å². The van der Waals surface area contributed by atoms with Crippen LogP contribution in [0.1, 0.15) is 56.6 Å². The number of carbonyl (C=O) groups excluding carboxylic acids is 1. The van der Waals surface area contributed by atoms with Crippen LogP contribution in [0, 0.1) is 12.8 Å². The number of rotatable bonds is 10. The van der Waals surface area contributed by atoms with Gasteiger partial charge in [-0.1, -0.05) is 25.4 Å². The SMILES string of the molecule is Cc1cc(Nc2ncc(Cl)c(Nc3cn(C)nc3S(=O)(=O)CC(C)C)n2)c(OC2CC2)cc1C1CCNC(=O)C1. The maximum absolute atomic E-state index is 13.0. The molecule has 1 amide bonds. The number of ether oxygens (including phenoxy) is 1. The normalized spacial score (nSPS) is 17.6. The van der Waals surface area contributed by atoms with E-state index in [1.165, 1.54) is 10.9 Å². The van der Waals surface area contributed by atoms with Crippen molar-refractivity contribution in [3.8, 4) is 5.75 Å². The third-order valence-electron chi connectivity index (χ3n) is 6.76. The minimum Gasteiger partial charge on any atom is -0.488 e. The summed E-state index contributed by atoms with van der Waals surface area (Å²) < 4.78 is 33.6. The Balaban J connectivity index is 1.43. The summed E-state index contributed by atoms with van der Waals surface area (Å²) in [6.45, 7) is 6.36. The summed E-state index contributed by atoms with van der Waals surface area (Å²) in [6, 6.07) is 4.01. The molecular weight excluding hydrogens is 554 g/mol. The number of aryl methyl sites for hydroxylation is 2. The van der Waals surface area contributed by atoms with Crippen molar-refractivity contribution in [3.63, 3.8) is 0 Å². The van der Waals surface area contributed by atoms with E-state index < -0.39 is 9.84 Å². The first kappa shape index (κ1) is 28.2. The highest BCUT2D eigenvalue weighted by molar-refractivity contribution is 7.91. The number of benzene rings is 1. The molecule has 2 fully saturated rings. The van der Waals surface area contributed by atoms with E-state index in [0.29, 0.717) is 24.4 Å². The maximum Gasteiger partial charge on any atom is 0.229 e. The summed E-state index contributed by atoms with van der Waals surface area (Å²) in [7, 11) is -1.98. The zero-order valence-corrected chi connectivity index (χ0v) is 24.6. The Kier molecular flexibility index (Phi) is 7.92. The van der Waals surface area contributed by atoms with Crippen LogP contribution in [-0.4, -0.2) is 52.5 Å². The predicted molar refractivity (Wildman–Crippen MR) is 154 cm³/mol. The molecule has 214 valence electrons. The van der Waals surface area contributed by atoms with Gasteiger partial charge in [0.2, 0.25) is 16.9 Å². The van der Waals surface area contributed by atoms with Gasteiger partial charge < -0.3 is 20.7 Å². The van der Waals surface area contributed by atoms with E-state index in [4.69, 9.17) is 16.3 Å². The van der Waals surface area contributed by atoms with Crippen LogP contribution in [0.4, 0.5) is 23.1 Å². The first-order chi connectivity index (χ1) is 19.0. The van der Waals surface area contributed by atoms with Crippen molar-refractivity contribution in [2.75, 3.05) is 22.9 Å². The van der Waals surface area contributed by atoms with Crippen molar-refractivity contribution < 1.29 is 17.9 Å². The zero-order chi connectivity index (χ0) is 28.6. The molecule has 3 heterocycles. The molecule has 0 bridgehead atoms. The molecule has 0 radical (unpaired) electrons. The highest BCUT2D eigenvalue weighted by atomic mass is 35.5. The number of halogens is 1. The standard InChI is InChI=1S/C27H34ClN7O4S/c1-15(2)14-40(37,38)26-22(13-35(4)34-26)31-25-20(28)12-30-27(33-25)32-21-9-16(3)19(11-23(21)39-18-5-6-18)17-7-8-29-24(36)10-17/h9,11-13,15,17-18H,5-8,10,14H2,1-4H3,(H,29,36)(H2,30,31,32,33). The number of nitrogens with one attached hydrogen (secondary N) is 3. The Morgan fingerprint density at radius 2 is 1.98 bits per heavy atom. The molecule has 11 nitrogen and oxygen atoms in total. The fourth-order valence-corrected chi connectivity index (χ4v) is 6.68. The van der Waals surface area contributed by atoms with Gasteiger partial charge in [0.05, 0.1) is 29.4 Å². The van der Waals surface area contributed by atoms with Gasteiger partial charge >= 0.3 is 0 Å². The fraction of sp³-hybridized carbons (Fsp3) is 0.481. The Morgan fingerprint density at radius 1 is 1.20 bits per heavy atom. The zero-order valence-electron chi connectivity index (χ0n) is 23.0. The molecule has 13 heteroatoms. The van der Waals surface area contributed by atoms with Crippen molar-refractivity contribution >= 4 is 50.5 Å². The second-order valence-electron chi connectivity index (χ2n) is 10.9. The monoisotopic (exact) mass is 587 g/mol. The van der Waals surface area contributed by atoms with E-state index in [9.17, 15) is 13.2 Å². The molecule has 0 spiro atoms. The molecule has 5 rings (SSSR count). The summed E-state index contributed by atoms with van der Waals surface area (Å²) in [5.74, 6) is 1.27. The van der Waals surface area contributed by atoms with Gasteiger partial charge in [-0.15, -0.1) is 0 Å². The van der Waals surface area contributed by atoms with E-state index >= 15 is 0 Å². The van der Waals surface area contributed by atoms with Crippen LogP contribution in [0.5, 0.6) is 5.75 Å². The minimum absolute atomic E-state index is 0.0341. The lowest BCUT2D eigenvalue weighted by Gasteiger charge is -2.25. The second-order valence-corrected chi connectivity index (χ2v) is 13.3. The Hall–Kier alpha value is -3.38. The van der Waals surface area contributed by atoms with Gasteiger partial charge in [0, 0.05) is 26.2 Å². The lowest BCUT2D eigenvalue weighted by atomic mass is 9.86. The van der Waals surface area contributed by atoms with Gasteiger partial charge in [-0.25, -0.2) is 13.4 Å². The van der Waals surface area contributed by atoms with Crippen LogP contribution in [0.15, 0.2) is 29.6 Å². The average molecular weight is 588 g/mol. The van der Waals surface area contributed by atoms with Crippen LogP contribution < -0.4 is 20.7 Å². The summed E-state index contributed by atoms with van der Waals surface area (Å²) in [4.78, 5) is 20.9. The molecule has 1 saturated heterocycles. The van der Waals surface area contributed by atoms with Crippen molar-refractivity contribution in [2.45, 2.75) is 63.5 Å². The summed E-state index contributed by atoms with van der Waals surface area (Å²) >= 11 is 6.41. The third-order valence-corrected chi connectivity index (χ3v) is 9.03. The number of piperidine rings is 1. The van der Waals surface area contributed by atoms with Crippen molar-refractivity contribution in [1.29, 1.82) is 0 Å². The van der Waals surface area contributed by atoms with E-state index in [1.807, 2.05) is 32.9 Å². The van der Waals surface area contributed by atoms with E-state index in [1.54, 1.807) is 13.2 Å². The number of anilines is 4. The Labute approximate surface area is 239 Å². The summed E-state index contributed by atoms with van der Waals surface area (Å²) in [5, 5.41) is 13.5. The molecule has 1 unspecified atom stereocenters. The van der Waals surface area contributed by atoms with E-state index in [0.717, 1.165) is 30.4 Å². The number of carbonyl (C=O) groups is 1. The molecule has 3 N–H and O–H groups in total. The van der Waals surface area contributed by atoms with Crippen molar-refractivity contribution in [3.05, 3.63) is 40.7 Å². The summed E-state index contributed by atoms with van der Waals surface area (Å²) in [6.07, 6.45) is 6.50. The van der Waals surface area contributed by atoms with E-state index in [2.05, 4.69) is 31.0 Å².